The summed E-state index contributed by atoms with van der Waals surface area (Å²) in [5.74, 6) is 0.660. The fourth-order valence-electron chi connectivity index (χ4n) is 1.14. The van der Waals surface area contributed by atoms with E-state index in [0.717, 1.165) is 6.42 Å². The zero-order valence-electron chi connectivity index (χ0n) is 7.50. The van der Waals surface area contributed by atoms with Gasteiger partial charge in [-0.25, -0.2) is 5.10 Å². The molecule has 0 saturated carbocycles. The van der Waals surface area contributed by atoms with E-state index in [1.807, 2.05) is 14.1 Å². The van der Waals surface area contributed by atoms with Gasteiger partial charge in [0.25, 0.3) is 4.84 Å². The van der Waals surface area contributed by atoms with E-state index >= 15 is 0 Å². The molecule has 0 aliphatic carbocycles. The number of hydrogen-bond acceptors (Lipinski definition) is 4. The minimum Gasteiger partial charge on any atom is -0.412 e. The van der Waals surface area contributed by atoms with E-state index < -0.39 is 0 Å². The number of nitrogens with zero attached hydrogens (tertiary/aromatic N) is 2. The van der Waals surface area contributed by atoms with Crippen molar-refractivity contribution in [1.29, 1.82) is 0 Å². The summed E-state index contributed by atoms with van der Waals surface area (Å²) < 4.78 is 5.20. The second-order valence-electron chi connectivity index (χ2n) is 2.84. The number of H-pyrrole nitrogens is 1. The molecule has 1 heterocycles. The van der Waals surface area contributed by atoms with E-state index in [4.69, 9.17) is 16.6 Å². The molecule has 5 heteroatoms. The van der Waals surface area contributed by atoms with Crippen LogP contribution in [0.3, 0.4) is 0 Å². The van der Waals surface area contributed by atoms with Crippen molar-refractivity contribution in [3.8, 4) is 0 Å². The SMILES string of the molecule is CC[C@@H](c1n[nH]c(=S)o1)N(C)C. The molecule has 0 amide bonds. The van der Waals surface area contributed by atoms with E-state index in [1.54, 1.807) is 0 Å². The molecule has 0 aromatic carbocycles. The maximum Gasteiger partial charge on any atom is 0.284 e. The molecule has 1 aromatic rings. The Hall–Kier alpha value is -0.680. The zero-order chi connectivity index (χ0) is 9.14. The minimum atomic E-state index is 0.206. The van der Waals surface area contributed by atoms with E-state index in [0.29, 0.717) is 10.7 Å². The van der Waals surface area contributed by atoms with Gasteiger partial charge >= 0.3 is 0 Å². The predicted molar refractivity (Wildman–Crippen MR) is 48.4 cm³/mol. The molecule has 0 saturated heterocycles. The van der Waals surface area contributed by atoms with Crippen molar-refractivity contribution >= 4 is 12.2 Å². The Morgan fingerprint density at radius 2 is 2.33 bits per heavy atom. The molecule has 0 spiro atoms. The van der Waals surface area contributed by atoms with E-state index in [-0.39, 0.29) is 6.04 Å². The Morgan fingerprint density at radius 3 is 2.67 bits per heavy atom. The summed E-state index contributed by atoms with van der Waals surface area (Å²) >= 11 is 4.78. The number of aromatic nitrogens is 2. The molecule has 1 rings (SSSR count). The third kappa shape index (κ3) is 1.92. The number of aromatic amines is 1. The molecule has 0 radical (unpaired) electrons. The van der Waals surface area contributed by atoms with Gasteiger partial charge in [0, 0.05) is 0 Å². The summed E-state index contributed by atoms with van der Waals surface area (Å²) in [6, 6.07) is 0.206. The second-order valence-corrected chi connectivity index (χ2v) is 3.21. The van der Waals surface area contributed by atoms with Crippen molar-refractivity contribution in [2.45, 2.75) is 19.4 Å². The molecule has 0 aliphatic rings. The molecular weight excluding hydrogens is 174 g/mol. The average Bonchev–Trinajstić information content (AvgIpc) is 2.37. The van der Waals surface area contributed by atoms with Gasteiger partial charge in [0.2, 0.25) is 5.89 Å². The van der Waals surface area contributed by atoms with E-state index in [9.17, 15) is 0 Å². The first-order valence-electron chi connectivity index (χ1n) is 3.87. The van der Waals surface area contributed by atoms with Gasteiger partial charge in [-0.05, 0) is 32.7 Å². The second kappa shape index (κ2) is 3.82. The van der Waals surface area contributed by atoms with Crippen molar-refractivity contribution in [2.24, 2.45) is 0 Å². The van der Waals surface area contributed by atoms with Crippen LogP contribution in [0, 0.1) is 4.84 Å². The first-order valence-corrected chi connectivity index (χ1v) is 4.27. The van der Waals surface area contributed by atoms with Gasteiger partial charge in [0.05, 0.1) is 6.04 Å². The molecule has 0 aliphatic heterocycles. The summed E-state index contributed by atoms with van der Waals surface area (Å²) in [7, 11) is 3.98. The molecule has 68 valence electrons. The van der Waals surface area contributed by atoms with E-state index in [2.05, 4.69) is 22.0 Å². The van der Waals surface area contributed by atoms with Gasteiger partial charge in [-0.2, -0.15) is 0 Å². The van der Waals surface area contributed by atoms with Crippen molar-refractivity contribution in [2.75, 3.05) is 14.1 Å². The summed E-state index contributed by atoms with van der Waals surface area (Å²) in [6.07, 6.45) is 0.954. The van der Waals surface area contributed by atoms with Crippen molar-refractivity contribution < 1.29 is 4.42 Å². The lowest BCUT2D eigenvalue weighted by molar-refractivity contribution is 0.242. The van der Waals surface area contributed by atoms with Crippen LogP contribution < -0.4 is 0 Å². The summed E-state index contributed by atoms with van der Waals surface area (Å²) in [4.78, 5) is 2.39. The predicted octanol–water partition coefficient (Wildman–Crippen LogP) is 1.74. The molecule has 1 atom stereocenters. The minimum absolute atomic E-state index is 0.206. The van der Waals surface area contributed by atoms with Crippen LogP contribution in [0.1, 0.15) is 25.3 Å². The molecule has 0 bridgehead atoms. The smallest absolute Gasteiger partial charge is 0.284 e. The van der Waals surface area contributed by atoms with Crippen LogP contribution in [0.5, 0.6) is 0 Å². The molecule has 0 fully saturated rings. The maximum atomic E-state index is 5.20. The molecular formula is C7H13N3OS. The highest BCUT2D eigenvalue weighted by Crippen LogP contribution is 2.18. The van der Waals surface area contributed by atoms with Crippen molar-refractivity contribution in [3.63, 3.8) is 0 Å². The van der Waals surface area contributed by atoms with Crippen LogP contribution in [0.4, 0.5) is 0 Å². The van der Waals surface area contributed by atoms with Crippen LogP contribution in [0.15, 0.2) is 4.42 Å². The lowest BCUT2D eigenvalue weighted by atomic mass is 10.2. The molecule has 0 unspecified atom stereocenters. The molecule has 12 heavy (non-hydrogen) atoms. The fourth-order valence-corrected chi connectivity index (χ4v) is 1.28. The quantitative estimate of drug-likeness (QED) is 0.732. The first-order chi connectivity index (χ1) is 5.65. The Bertz CT molecular complexity index is 291. The van der Waals surface area contributed by atoms with Gasteiger partial charge in [-0.15, -0.1) is 5.10 Å². The Kier molecular flexibility index (Phi) is 2.99. The molecule has 4 nitrogen and oxygen atoms in total. The van der Waals surface area contributed by atoms with Crippen LogP contribution in [0.2, 0.25) is 0 Å². The highest BCUT2D eigenvalue weighted by Gasteiger charge is 2.16. The number of hydrogen-bond donors (Lipinski definition) is 1. The van der Waals surface area contributed by atoms with Gasteiger partial charge in [0.15, 0.2) is 0 Å². The van der Waals surface area contributed by atoms with Gasteiger partial charge < -0.3 is 4.42 Å². The van der Waals surface area contributed by atoms with Crippen LogP contribution in [-0.2, 0) is 0 Å². The highest BCUT2D eigenvalue weighted by molar-refractivity contribution is 7.71. The molecule has 1 N–H and O–H groups in total. The summed E-state index contributed by atoms with van der Waals surface area (Å²) in [5, 5.41) is 6.58. The van der Waals surface area contributed by atoms with E-state index in [1.165, 1.54) is 0 Å². The lowest BCUT2D eigenvalue weighted by Gasteiger charge is -2.18. The maximum absolute atomic E-state index is 5.20. The topological polar surface area (TPSA) is 45.1 Å². The van der Waals surface area contributed by atoms with Crippen LogP contribution in [-0.4, -0.2) is 29.2 Å². The van der Waals surface area contributed by atoms with Crippen LogP contribution in [0.25, 0.3) is 0 Å². The van der Waals surface area contributed by atoms with Crippen molar-refractivity contribution in [1.82, 2.24) is 15.1 Å². The highest BCUT2D eigenvalue weighted by atomic mass is 32.1. The Balaban J connectivity index is 2.87. The number of rotatable bonds is 3. The van der Waals surface area contributed by atoms with Crippen LogP contribution >= 0.6 is 12.2 Å². The van der Waals surface area contributed by atoms with Gasteiger partial charge in [-0.3, -0.25) is 4.90 Å². The van der Waals surface area contributed by atoms with Gasteiger partial charge in [0.1, 0.15) is 0 Å². The average molecular weight is 187 g/mol. The molecule has 1 aromatic heterocycles. The van der Waals surface area contributed by atoms with Gasteiger partial charge in [-0.1, -0.05) is 6.92 Å². The first kappa shape index (κ1) is 9.41. The summed E-state index contributed by atoms with van der Waals surface area (Å²) in [6.45, 7) is 2.08. The Morgan fingerprint density at radius 1 is 1.67 bits per heavy atom. The third-order valence-electron chi connectivity index (χ3n) is 1.75. The summed E-state index contributed by atoms with van der Waals surface area (Å²) in [5.41, 5.74) is 0. The standard InChI is InChI=1S/C7H13N3OS/c1-4-5(10(2)3)6-8-9-7(12)11-6/h5H,4H2,1-3H3,(H,9,12)/t5-/m0/s1. The zero-order valence-corrected chi connectivity index (χ0v) is 8.31. The van der Waals surface area contributed by atoms with Crippen molar-refractivity contribution in [3.05, 3.63) is 10.7 Å². The largest absolute Gasteiger partial charge is 0.412 e. The number of nitrogens with one attached hydrogen (secondary N) is 1. The third-order valence-corrected chi connectivity index (χ3v) is 1.92. The normalized spacial score (nSPS) is 13.7. The fraction of sp³-hybridized carbons (Fsp3) is 0.714. The lowest BCUT2D eigenvalue weighted by Crippen LogP contribution is -2.19. The monoisotopic (exact) mass is 187 g/mol. The Labute approximate surface area is 76.6 Å².